The number of benzene rings is 1. The van der Waals surface area contributed by atoms with Crippen molar-refractivity contribution in [2.75, 3.05) is 21.3 Å². The van der Waals surface area contributed by atoms with Gasteiger partial charge >= 0.3 is 5.97 Å². The number of hydrogen-bond acceptors (Lipinski definition) is 6. The number of methoxy groups -OCH3 is 3. The Hall–Kier alpha value is -2.52. The predicted octanol–water partition coefficient (Wildman–Crippen LogP) is 1.31. The first-order chi connectivity index (χ1) is 11.8. The number of sulfonamides is 1. The van der Waals surface area contributed by atoms with E-state index in [1.54, 1.807) is 25.2 Å². The topological polar surface area (TPSA) is 95.9 Å². The molecule has 0 aliphatic heterocycles. The fraction of sp³-hybridized carbons (Fsp3) is 0.312. The van der Waals surface area contributed by atoms with Gasteiger partial charge in [0.15, 0.2) is 11.5 Å². The van der Waals surface area contributed by atoms with Gasteiger partial charge in [0, 0.05) is 19.8 Å². The molecule has 8 nitrogen and oxygen atoms in total. The molecule has 1 aromatic heterocycles. The van der Waals surface area contributed by atoms with E-state index >= 15 is 0 Å². The Morgan fingerprint density at radius 2 is 1.80 bits per heavy atom. The lowest BCUT2D eigenvalue weighted by atomic mass is 10.2. The number of nitrogens with one attached hydrogen (secondary N) is 1. The van der Waals surface area contributed by atoms with Gasteiger partial charge in [-0.25, -0.2) is 17.9 Å². The lowest BCUT2D eigenvalue weighted by molar-refractivity contribution is 0.0590. The number of hydrogen-bond donors (Lipinski definition) is 1. The van der Waals surface area contributed by atoms with Crippen LogP contribution in [0.2, 0.25) is 0 Å². The maximum absolute atomic E-state index is 12.4. The largest absolute Gasteiger partial charge is 0.493 e. The van der Waals surface area contributed by atoms with Gasteiger partial charge in [-0.1, -0.05) is 6.07 Å². The van der Waals surface area contributed by atoms with Crippen molar-refractivity contribution in [3.63, 3.8) is 0 Å². The highest BCUT2D eigenvalue weighted by Crippen LogP contribution is 2.27. The molecular formula is C16H20N2O6S. The second-order valence-corrected chi connectivity index (χ2v) is 6.94. The number of esters is 1. The minimum Gasteiger partial charge on any atom is -0.493 e. The van der Waals surface area contributed by atoms with Crippen LogP contribution in [0, 0.1) is 0 Å². The Labute approximate surface area is 146 Å². The number of aryl methyl sites for hydroxylation is 1. The summed E-state index contributed by atoms with van der Waals surface area (Å²) in [4.78, 5) is 11.6. The molecule has 0 atom stereocenters. The molecular weight excluding hydrogens is 348 g/mol. The Balaban J connectivity index is 2.18. The Bertz CT molecular complexity index is 873. The first-order valence-corrected chi connectivity index (χ1v) is 8.76. The van der Waals surface area contributed by atoms with Crippen molar-refractivity contribution in [3.8, 4) is 11.5 Å². The zero-order valence-electron chi connectivity index (χ0n) is 14.4. The summed E-state index contributed by atoms with van der Waals surface area (Å²) in [5.74, 6) is 0.454. The van der Waals surface area contributed by atoms with Crippen molar-refractivity contribution >= 4 is 16.0 Å². The smallest absolute Gasteiger partial charge is 0.354 e. The molecule has 0 spiro atoms. The number of nitrogens with zero attached hydrogens (tertiary/aromatic N) is 1. The Morgan fingerprint density at radius 3 is 2.40 bits per heavy atom. The molecule has 1 aromatic carbocycles. The van der Waals surface area contributed by atoms with Crippen LogP contribution >= 0.6 is 0 Å². The van der Waals surface area contributed by atoms with E-state index in [1.807, 2.05) is 0 Å². The van der Waals surface area contributed by atoms with E-state index in [2.05, 4.69) is 9.46 Å². The van der Waals surface area contributed by atoms with Crippen LogP contribution in [0.1, 0.15) is 16.1 Å². The normalized spacial score (nSPS) is 11.2. The van der Waals surface area contributed by atoms with Gasteiger partial charge < -0.3 is 18.8 Å². The van der Waals surface area contributed by atoms with Gasteiger partial charge in [0.1, 0.15) is 10.6 Å². The fourth-order valence-corrected chi connectivity index (χ4v) is 3.33. The summed E-state index contributed by atoms with van der Waals surface area (Å²) in [6.45, 7) is 0.0607. The Kier molecular flexibility index (Phi) is 5.70. The third-order valence-electron chi connectivity index (χ3n) is 3.60. The van der Waals surface area contributed by atoms with Crippen LogP contribution in [0.5, 0.6) is 11.5 Å². The summed E-state index contributed by atoms with van der Waals surface area (Å²) in [5, 5.41) is 0. The molecule has 2 rings (SSSR count). The summed E-state index contributed by atoms with van der Waals surface area (Å²) in [6.07, 6.45) is 1.35. The van der Waals surface area contributed by atoms with E-state index in [0.717, 1.165) is 0 Å². The standard InChI is InChI=1S/C16H20N2O6S/c1-18-10-12(8-13(18)16(19)24-4)25(20,21)17-9-11-5-6-14(22-2)15(7-11)23-3/h5-8,10,17H,9H2,1-4H3. The molecule has 1 heterocycles. The SMILES string of the molecule is COC(=O)c1cc(S(=O)(=O)NCc2ccc(OC)c(OC)c2)cn1C. The van der Waals surface area contributed by atoms with Crippen LogP contribution in [-0.2, 0) is 28.4 Å². The summed E-state index contributed by atoms with van der Waals surface area (Å²) in [5.41, 5.74) is 0.847. The van der Waals surface area contributed by atoms with E-state index in [1.165, 1.54) is 38.2 Å². The molecule has 25 heavy (non-hydrogen) atoms. The predicted molar refractivity (Wildman–Crippen MR) is 90.3 cm³/mol. The number of ether oxygens (including phenoxy) is 3. The van der Waals surface area contributed by atoms with E-state index in [4.69, 9.17) is 9.47 Å². The molecule has 9 heteroatoms. The molecule has 0 fully saturated rings. The highest BCUT2D eigenvalue weighted by molar-refractivity contribution is 7.89. The van der Waals surface area contributed by atoms with Crippen LogP contribution in [0.4, 0.5) is 0 Å². The van der Waals surface area contributed by atoms with Crippen LogP contribution in [-0.4, -0.2) is 40.3 Å². The van der Waals surface area contributed by atoms with Crippen LogP contribution in [0.15, 0.2) is 35.4 Å². The second-order valence-electron chi connectivity index (χ2n) is 5.18. The zero-order chi connectivity index (χ0) is 18.6. The lowest BCUT2D eigenvalue weighted by Crippen LogP contribution is -2.22. The van der Waals surface area contributed by atoms with Crippen molar-refractivity contribution in [1.82, 2.24) is 9.29 Å². The molecule has 0 aliphatic carbocycles. The molecule has 0 aliphatic rings. The zero-order valence-corrected chi connectivity index (χ0v) is 15.2. The summed E-state index contributed by atoms with van der Waals surface area (Å²) < 4.78 is 43.7. The third kappa shape index (κ3) is 4.12. The number of carbonyl (C=O) groups excluding carboxylic acids is 1. The van der Waals surface area contributed by atoms with E-state index < -0.39 is 16.0 Å². The highest BCUT2D eigenvalue weighted by atomic mass is 32.2. The molecule has 0 amide bonds. The first kappa shape index (κ1) is 18.8. The number of carbonyl (C=O) groups is 1. The first-order valence-electron chi connectivity index (χ1n) is 7.27. The van der Waals surface area contributed by atoms with Crippen molar-refractivity contribution < 1.29 is 27.4 Å². The molecule has 2 aromatic rings. The van der Waals surface area contributed by atoms with Crippen molar-refractivity contribution in [1.29, 1.82) is 0 Å². The van der Waals surface area contributed by atoms with Crippen molar-refractivity contribution in [2.24, 2.45) is 7.05 Å². The lowest BCUT2D eigenvalue weighted by Gasteiger charge is -2.10. The summed E-state index contributed by atoms with van der Waals surface area (Å²) in [7, 11) is 2.04. The molecule has 0 bridgehead atoms. The minimum atomic E-state index is -3.79. The van der Waals surface area contributed by atoms with E-state index in [-0.39, 0.29) is 17.1 Å². The quantitative estimate of drug-likeness (QED) is 0.740. The molecule has 0 saturated heterocycles. The molecule has 0 saturated carbocycles. The highest BCUT2D eigenvalue weighted by Gasteiger charge is 2.21. The minimum absolute atomic E-state index is 0.0177. The Morgan fingerprint density at radius 1 is 1.12 bits per heavy atom. The van der Waals surface area contributed by atoms with Gasteiger partial charge in [-0.3, -0.25) is 0 Å². The average Bonchev–Trinajstić information content (AvgIpc) is 3.01. The number of aromatic nitrogens is 1. The van der Waals surface area contributed by atoms with Gasteiger partial charge in [0.05, 0.1) is 21.3 Å². The summed E-state index contributed by atoms with van der Waals surface area (Å²) in [6, 6.07) is 6.38. The van der Waals surface area contributed by atoms with Gasteiger partial charge in [-0.05, 0) is 23.8 Å². The van der Waals surface area contributed by atoms with Gasteiger partial charge in [0.25, 0.3) is 0 Å². The van der Waals surface area contributed by atoms with Crippen LogP contribution < -0.4 is 14.2 Å². The number of rotatable bonds is 7. The summed E-state index contributed by atoms with van der Waals surface area (Å²) >= 11 is 0. The van der Waals surface area contributed by atoms with Gasteiger partial charge in [-0.15, -0.1) is 0 Å². The van der Waals surface area contributed by atoms with Gasteiger partial charge in [-0.2, -0.15) is 0 Å². The van der Waals surface area contributed by atoms with Gasteiger partial charge in [0.2, 0.25) is 10.0 Å². The second kappa shape index (κ2) is 7.58. The third-order valence-corrected chi connectivity index (χ3v) is 4.97. The molecule has 136 valence electrons. The van der Waals surface area contributed by atoms with E-state index in [9.17, 15) is 13.2 Å². The monoisotopic (exact) mass is 368 g/mol. The van der Waals surface area contributed by atoms with E-state index in [0.29, 0.717) is 17.1 Å². The van der Waals surface area contributed by atoms with Crippen LogP contribution in [0.25, 0.3) is 0 Å². The maximum atomic E-state index is 12.4. The fourth-order valence-electron chi connectivity index (χ4n) is 2.24. The van der Waals surface area contributed by atoms with Crippen molar-refractivity contribution in [3.05, 3.63) is 41.7 Å². The molecule has 1 N–H and O–H groups in total. The molecule has 0 unspecified atom stereocenters. The van der Waals surface area contributed by atoms with Crippen molar-refractivity contribution in [2.45, 2.75) is 11.4 Å². The molecule has 0 radical (unpaired) electrons. The maximum Gasteiger partial charge on any atom is 0.354 e. The average molecular weight is 368 g/mol. The van der Waals surface area contributed by atoms with Crippen LogP contribution in [0.3, 0.4) is 0 Å².